The zero-order chi connectivity index (χ0) is 23.0. The van der Waals surface area contributed by atoms with Gasteiger partial charge in [-0.3, -0.25) is 14.8 Å². The number of nitro benzene ring substituents is 1. The first-order chi connectivity index (χ1) is 15.1. The first-order valence-corrected chi connectivity index (χ1v) is 11.1. The number of likely N-dealkylation sites (tertiary alicyclic amines) is 1. The maximum atomic E-state index is 13.5. The topological polar surface area (TPSA) is 93.7 Å². The molecule has 174 valence electrons. The summed E-state index contributed by atoms with van der Waals surface area (Å²) in [5.74, 6) is 0. The van der Waals surface area contributed by atoms with Gasteiger partial charge < -0.3 is 14.5 Å². The van der Waals surface area contributed by atoms with Crippen LogP contribution in [0.3, 0.4) is 0 Å². The summed E-state index contributed by atoms with van der Waals surface area (Å²) < 4.78 is 20.9. The second-order valence-electron chi connectivity index (χ2n) is 9.63. The van der Waals surface area contributed by atoms with Crippen LogP contribution in [0.25, 0.3) is 10.9 Å². The van der Waals surface area contributed by atoms with Crippen molar-refractivity contribution >= 4 is 28.4 Å². The third kappa shape index (κ3) is 4.78. The SMILES string of the molecule is CC(C)(C)OC(=O)N1CCC(n2cc3cc([N+](=O)[O-])c(N4CCC(F)CC4)cc3n2)CC1. The third-order valence-corrected chi connectivity index (χ3v) is 6.07. The van der Waals surface area contributed by atoms with Gasteiger partial charge in [-0.1, -0.05) is 0 Å². The number of anilines is 1. The molecule has 2 aliphatic heterocycles. The Morgan fingerprint density at radius 1 is 1.16 bits per heavy atom. The first kappa shape index (κ1) is 22.3. The highest BCUT2D eigenvalue weighted by Gasteiger charge is 2.29. The highest BCUT2D eigenvalue weighted by atomic mass is 19.1. The Hall–Kier alpha value is -2.91. The van der Waals surface area contributed by atoms with Crippen LogP contribution in [-0.2, 0) is 4.74 Å². The lowest BCUT2D eigenvalue weighted by atomic mass is 10.1. The van der Waals surface area contributed by atoms with E-state index >= 15 is 0 Å². The van der Waals surface area contributed by atoms with E-state index in [1.54, 1.807) is 17.0 Å². The number of hydrogen-bond acceptors (Lipinski definition) is 6. The molecule has 0 radical (unpaired) electrons. The summed E-state index contributed by atoms with van der Waals surface area (Å²) in [6.45, 7) is 7.59. The summed E-state index contributed by atoms with van der Waals surface area (Å²) in [6, 6.07) is 3.41. The molecule has 2 aliphatic rings. The molecule has 0 aliphatic carbocycles. The fraction of sp³-hybridized carbons (Fsp3) is 0.636. The van der Waals surface area contributed by atoms with Crippen LogP contribution in [0.2, 0.25) is 0 Å². The predicted molar refractivity (Wildman–Crippen MR) is 119 cm³/mol. The number of piperidine rings is 2. The molecule has 0 N–H and O–H groups in total. The summed E-state index contributed by atoms with van der Waals surface area (Å²) in [5, 5.41) is 17.1. The molecule has 3 heterocycles. The van der Waals surface area contributed by atoms with E-state index in [0.717, 1.165) is 12.8 Å². The number of hydrogen-bond donors (Lipinski definition) is 0. The normalized spacial score (nSPS) is 18.9. The van der Waals surface area contributed by atoms with Crippen molar-refractivity contribution in [1.82, 2.24) is 14.7 Å². The van der Waals surface area contributed by atoms with Gasteiger partial charge in [0.15, 0.2) is 0 Å². The van der Waals surface area contributed by atoms with Gasteiger partial charge >= 0.3 is 6.09 Å². The molecule has 0 atom stereocenters. The second-order valence-corrected chi connectivity index (χ2v) is 9.63. The van der Waals surface area contributed by atoms with E-state index in [1.807, 2.05) is 36.5 Å². The summed E-state index contributed by atoms with van der Waals surface area (Å²) >= 11 is 0. The van der Waals surface area contributed by atoms with Gasteiger partial charge in [-0.2, -0.15) is 5.10 Å². The van der Waals surface area contributed by atoms with E-state index in [-0.39, 0.29) is 22.7 Å². The lowest BCUT2D eigenvalue weighted by Crippen LogP contribution is -2.42. The molecule has 4 rings (SSSR count). The lowest BCUT2D eigenvalue weighted by Gasteiger charge is -2.33. The Kier molecular flexibility index (Phi) is 5.96. The number of amides is 1. The van der Waals surface area contributed by atoms with Crippen LogP contribution in [0.1, 0.15) is 52.5 Å². The largest absolute Gasteiger partial charge is 0.444 e. The average molecular weight is 448 g/mol. The predicted octanol–water partition coefficient (Wildman–Crippen LogP) is 4.45. The average Bonchev–Trinajstić information content (AvgIpc) is 3.15. The first-order valence-electron chi connectivity index (χ1n) is 11.1. The molecule has 9 nitrogen and oxygen atoms in total. The highest BCUT2D eigenvalue weighted by Crippen LogP contribution is 2.35. The number of carbonyl (C=O) groups excluding carboxylic acids is 1. The number of rotatable bonds is 3. The fourth-order valence-electron chi connectivity index (χ4n) is 4.38. The highest BCUT2D eigenvalue weighted by molar-refractivity contribution is 5.87. The molecule has 1 aromatic carbocycles. The maximum absolute atomic E-state index is 13.5. The van der Waals surface area contributed by atoms with Crippen molar-refractivity contribution in [2.75, 3.05) is 31.1 Å². The molecule has 0 saturated carbocycles. The molecule has 0 spiro atoms. The molecule has 0 bridgehead atoms. The number of carbonyl (C=O) groups is 1. The zero-order valence-electron chi connectivity index (χ0n) is 18.8. The number of nitro groups is 1. The zero-order valence-corrected chi connectivity index (χ0v) is 18.8. The minimum absolute atomic E-state index is 0.0223. The Morgan fingerprint density at radius 3 is 2.41 bits per heavy atom. The van der Waals surface area contributed by atoms with Gasteiger partial charge in [-0.25, -0.2) is 9.18 Å². The van der Waals surface area contributed by atoms with Crippen molar-refractivity contribution in [3.63, 3.8) is 0 Å². The van der Waals surface area contributed by atoms with Gasteiger partial charge in [0, 0.05) is 43.8 Å². The molecule has 10 heteroatoms. The second kappa shape index (κ2) is 8.55. The smallest absolute Gasteiger partial charge is 0.410 e. The maximum Gasteiger partial charge on any atom is 0.410 e. The van der Waals surface area contributed by atoms with E-state index in [2.05, 4.69) is 0 Å². The Morgan fingerprint density at radius 2 is 1.81 bits per heavy atom. The van der Waals surface area contributed by atoms with E-state index in [0.29, 0.717) is 55.6 Å². The van der Waals surface area contributed by atoms with E-state index in [1.165, 1.54) is 0 Å². The third-order valence-electron chi connectivity index (χ3n) is 6.07. The minimum atomic E-state index is -0.847. The van der Waals surface area contributed by atoms with Gasteiger partial charge in [0.05, 0.1) is 16.5 Å². The number of nitrogens with zero attached hydrogens (tertiary/aromatic N) is 5. The molecule has 2 aromatic rings. The van der Waals surface area contributed by atoms with Gasteiger partial charge in [0.2, 0.25) is 0 Å². The molecule has 2 fully saturated rings. The van der Waals surface area contributed by atoms with Crippen LogP contribution in [0.15, 0.2) is 18.3 Å². The number of fused-ring (bicyclic) bond motifs is 1. The van der Waals surface area contributed by atoms with Crippen molar-refractivity contribution in [3.05, 3.63) is 28.4 Å². The van der Waals surface area contributed by atoms with Crippen LogP contribution >= 0.6 is 0 Å². The van der Waals surface area contributed by atoms with Crippen molar-refractivity contribution in [1.29, 1.82) is 0 Å². The molecule has 0 unspecified atom stereocenters. The number of ether oxygens (including phenoxy) is 1. The van der Waals surface area contributed by atoms with E-state index < -0.39 is 11.8 Å². The number of benzene rings is 1. The molecule has 32 heavy (non-hydrogen) atoms. The van der Waals surface area contributed by atoms with Crippen LogP contribution in [-0.4, -0.2) is 63.6 Å². The van der Waals surface area contributed by atoms with Crippen LogP contribution in [0, 0.1) is 10.1 Å². The molecule has 1 aromatic heterocycles. The summed E-state index contributed by atoms with van der Waals surface area (Å²) in [4.78, 5) is 27.2. The molecular weight excluding hydrogens is 417 g/mol. The summed E-state index contributed by atoms with van der Waals surface area (Å²) in [6.07, 6.45) is 2.89. The Labute approximate surface area is 186 Å². The van der Waals surface area contributed by atoms with Crippen LogP contribution in [0.4, 0.5) is 20.6 Å². The van der Waals surface area contributed by atoms with Crippen molar-refractivity contribution < 1.29 is 18.8 Å². The monoisotopic (exact) mass is 447 g/mol. The Balaban J connectivity index is 1.51. The number of alkyl halides is 1. The van der Waals surface area contributed by atoms with Gasteiger partial charge in [0.1, 0.15) is 17.5 Å². The van der Waals surface area contributed by atoms with Crippen molar-refractivity contribution in [2.24, 2.45) is 0 Å². The lowest BCUT2D eigenvalue weighted by molar-refractivity contribution is -0.384. The van der Waals surface area contributed by atoms with Crippen LogP contribution < -0.4 is 4.90 Å². The standard InChI is InChI=1S/C22H30FN5O4/c1-22(2,3)32-21(29)26-10-6-17(7-11-26)27-14-15-12-20(28(30)31)19(13-18(15)24-27)25-8-4-16(23)5-9-25/h12-14,16-17H,4-11H2,1-3H3. The van der Waals surface area contributed by atoms with Gasteiger partial charge in [-0.15, -0.1) is 0 Å². The fourth-order valence-corrected chi connectivity index (χ4v) is 4.38. The summed E-state index contributed by atoms with van der Waals surface area (Å²) in [7, 11) is 0. The van der Waals surface area contributed by atoms with Gasteiger partial charge in [0.25, 0.3) is 5.69 Å². The van der Waals surface area contributed by atoms with E-state index in [4.69, 9.17) is 9.84 Å². The van der Waals surface area contributed by atoms with Gasteiger partial charge in [-0.05, 0) is 52.5 Å². The summed E-state index contributed by atoms with van der Waals surface area (Å²) in [5.41, 5.74) is 0.676. The van der Waals surface area contributed by atoms with Crippen molar-refractivity contribution in [3.8, 4) is 0 Å². The number of aromatic nitrogens is 2. The molecule has 1 amide bonds. The van der Waals surface area contributed by atoms with Crippen molar-refractivity contribution in [2.45, 2.75) is 64.3 Å². The minimum Gasteiger partial charge on any atom is -0.444 e. The quantitative estimate of drug-likeness (QED) is 0.510. The molecular formula is C22H30FN5O4. The Bertz CT molecular complexity index is 1000. The van der Waals surface area contributed by atoms with Crippen LogP contribution in [0.5, 0.6) is 0 Å². The molecule has 2 saturated heterocycles. The number of halogens is 1. The van der Waals surface area contributed by atoms with E-state index in [9.17, 15) is 19.3 Å².